The molecule has 0 saturated carbocycles. The van der Waals surface area contributed by atoms with Crippen LogP contribution in [0.3, 0.4) is 0 Å². The van der Waals surface area contributed by atoms with E-state index in [1.165, 1.54) is 12.1 Å². The Hall–Kier alpha value is -0.750. The average Bonchev–Trinajstić information content (AvgIpc) is 2.25. The highest BCUT2D eigenvalue weighted by Crippen LogP contribution is 2.36. The Morgan fingerprint density at radius 3 is 2.53 bits per heavy atom. The summed E-state index contributed by atoms with van der Waals surface area (Å²) >= 11 is 2.86. The Morgan fingerprint density at radius 2 is 1.94 bits per heavy atom. The van der Waals surface area contributed by atoms with E-state index >= 15 is 0 Å². The third-order valence-corrected chi connectivity index (χ3v) is 2.70. The van der Waals surface area contributed by atoms with Gasteiger partial charge in [0.2, 0.25) is 0 Å². The molecule has 0 N–H and O–H groups in total. The molecule has 6 heteroatoms. The van der Waals surface area contributed by atoms with Crippen LogP contribution >= 0.6 is 15.9 Å². The molecule has 2 nitrogen and oxygen atoms in total. The van der Waals surface area contributed by atoms with Crippen LogP contribution in [0.1, 0.15) is 12.0 Å². The van der Waals surface area contributed by atoms with E-state index in [0.29, 0.717) is 19.6 Å². The molecule has 0 saturated heterocycles. The zero-order valence-corrected chi connectivity index (χ0v) is 10.8. The second-order valence-electron chi connectivity index (χ2n) is 3.33. The molecule has 1 aromatic rings. The second-order valence-corrected chi connectivity index (χ2v) is 4.19. The molecule has 0 heterocycles. The lowest BCUT2D eigenvalue weighted by molar-refractivity contribution is -0.138. The van der Waals surface area contributed by atoms with E-state index in [4.69, 9.17) is 9.47 Å². The van der Waals surface area contributed by atoms with E-state index < -0.39 is 11.7 Å². The van der Waals surface area contributed by atoms with E-state index in [2.05, 4.69) is 15.9 Å². The van der Waals surface area contributed by atoms with Crippen molar-refractivity contribution in [1.82, 2.24) is 0 Å². The molecule has 0 fully saturated rings. The standard InChI is InChI=1S/C11H12BrF3O2/c1-16-5-2-6-17-8-3-4-10(12)9(7-8)11(13,14)15/h3-4,7H,2,5-6H2,1H3. The number of methoxy groups -OCH3 is 1. The topological polar surface area (TPSA) is 18.5 Å². The number of hydrogen-bond donors (Lipinski definition) is 0. The molecule has 0 unspecified atom stereocenters. The minimum absolute atomic E-state index is 0.00856. The Bertz CT molecular complexity index is 366. The van der Waals surface area contributed by atoms with Gasteiger partial charge in [-0.1, -0.05) is 15.9 Å². The van der Waals surface area contributed by atoms with Crippen LogP contribution in [-0.4, -0.2) is 20.3 Å². The number of ether oxygens (including phenoxy) is 2. The van der Waals surface area contributed by atoms with Crippen LogP contribution < -0.4 is 4.74 Å². The molecule has 0 spiro atoms. The van der Waals surface area contributed by atoms with E-state index in [1.807, 2.05) is 0 Å². The first-order chi connectivity index (χ1) is 7.95. The molecule has 0 aliphatic heterocycles. The van der Waals surface area contributed by atoms with Crippen molar-refractivity contribution in [2.75, 3.05) is 20.3 Å². The fraction of sp³-hybridized carbons (Fsp3) is 0.455. The summed E-state index contributed by atoms with van der Waals surface area (Å²) in [6, 6.07) is 3.80. The zero-order valence-electron chi connectivity index (χ0n) is 9.18. The summed E-state index contributed by atoms with van der Waals surface area (Å²) in [7, 11) is 1.56. The third-order valence-electron chi connectivity index (χ3n) is 2.00. The fourth-order valence-electron chi connectivity index (χ4n) is 1.20. The number of rotatable bonds is 5. The lowest BCUT2D eigenvalue weighted by Crippen LogP contribution is -2.07. The smallest absolute Gasteiger partial charge is 0.417 e. The Morgan fingerprint density at radius 1 is 1.24 bits per heavy atom. The zero-order chi connectivity index (χ0) is 12.9. The van der Waals surface area contributed by atoms with Gasteiger partial charge in [-0.15, -0.1) is 0 Å². The van der Waals surface area contributed by atoms with Gasteiger partial charge in [0.15, 0.2) is 0 Å². The number of hydrogen-bond acceptors (Lipinski definition) is 2. The van der Waals surface area contributed by atoms with Gasteiger partial charge < -0.3 is 9.47 Å². The van der Waals surface area contributed by atoms with Gasteiger partial charge >= 0.3 is 6.18 Å². The van der Waals surface area contributed by atoms with Gasteiger partial charge in [0.25, 0.3) is 0 Å². The van der Waals surface area contributed by atoms with Gasteiger partial charge in [-0.25, -0.2) is 0 Å². The summed E-state index contributed by atoms with van der Waals surface area (Å²) in [6.45, 7) is 0.843. The van der Waals surface area contributed by atoms with Crippen molar-refractivity contribution < 1.29 is 22.6 Å². The quantitative estimate of drug-likeness (QED) is 0.768. The largest absolute Gasteiger partial charge is 0.493 e. The van der Waals surface area contributed by atoms with Crippen LogP contribution in [0.15, 0.2) is 22.7 Å². The summed E-state index contributed by atoms with van der Waals surface area (Å²) in [5.41, 5.74) is -0.734. The maximum atomic E-state index is 12.6. The van der Waals surface area contributed by atoms with Gasteiger partial charge in [-0.3, -0.25) is 0 Å². The molecular weight excluding hydrogens is 301 g/mol. The van der Waals surface area contributed by atoms with Gasteiger partial charge in [0.1, 0.15) is 5.75 Å². The van der Waals surface area contributed by atoms with Crippen molar-refractivity contribution in [3.63, 3.8) is 0 Å². The maximum absolute atomic E-state index is 12.6. The summed E-state index contributed by atoms with van der Waals surface area (Å²) < 4.78 is 47.7. The molecule has 1 aromatic carbocycles. The average molecular weight is 313 g/mol. The molecule has 17 heavy (non-hydrogen) atoms. The van der Waals surface area contributed by atoms with Crippen molar-refractivity contribution in [3.05, 3.63) is 28.2 Å². The molecule has 1 rings (SSSR count). The minimum atomic E-state index is -4.38. The van der Waals surface area contributed by atoms with Gasteiger partial charge in [-0.05, 0) is 18.2 Å². The molecule has 0 aromatic heterocycles. The predicted molar refractivity (Wildman–Crippen MR) is 61.1 cm³/mol. The maximum Gasteiger partial charge on any atom is 0.417 e. The normalized spacial score (nSPS) is 11.6. The first kappa shape index (κ1) is 14.3. The van der Waals surface area contributed by atoms with E-state index in [1.54, 1.807) is 7.11 Å². The SMILES string of the molecule is COCCCOc1ccc(Br)c(C(F)(F)F)c1. The van der Waals surface area contributed by atoms with Gasteiger partial charge in [0, 0.05) is 24.6 Å². The summed E-state index contributed by atoms with van der Waals surface area (Å²) in [5.74, 6) is 0.205. The van der Waals surface area contributed by atoms with Crippen LogP contribution in [0, 0.1) is 0 Å². The van der Waals surface area contributed by atoms with Crippen molar-refractivity contribution in [3.8, 4) is 5.75 Å². The Labute approximate surface area is 106 Å². The van der Waals surface area contributed by atoms with Crippen molar-refractivity contribution >= 4 is 15.9 Å². The molecule has 0 bridgehead atoms. The van der Waals surface area contributed by atoms with Crippen molar-refractivity contribution in [2.24, 2.45) is 0 Å². The molecule has 96 valence electrons. The number of halogens is 4. The van der Waals surface area contributed by atoms with Crippen LogP contribution in [0.5, 0.6) is 5.75 Å². The van der Waals surface area contributed by atoms with E-state index in [9.17, 15) is 13.2 Å². The third kappa shape index (κ3) is 4.55. The lowest BCUT2D eigenvalue weighted by atomic mass is 10.2. The van der Waals surface area contributed by atoms with Crippen molar-refractivity contribution in [1.29, 1.82) is 0 Å². The van der Waals surface area contributed by atoms with Gasteiger partial charge in [0.05, 0.1) is 12.2 Å². The lowest BCUT2D eigenvalue weighted by Gasteiger charge is -2.12. The highest BCUT2D eigenvalue weighted by atomic mass is 79.9. The molecule has 0 aliphatic rings. The fourth-order valence-corrected chi connectivity index (χ4v) is 1.68. The monoisotopic (exact) mass is 312 g/mol. The highest BCUT2D eigenvalue weighted by Gasteiger charge is 2.33. The molecule has 0 radical (unpaired) electrons. The summed E-state index contributed by atoms with van der Waals surface area (Å²) in [5, 5.41) is 0. The van der Waals surface area contributed by atoms with Crippen molar-refractivity contribution in [2.45, 2.75) is 12.6 Å². The molecule has 0 atom stereocenters. The Kier molecular flexibility index (Phi) is 5.27. The molecule has 0 amide bonds. The van der Waals surface area contributed by atoms with Gasteiger partial charge in [-0.2, -0.15) is 13.2 Å². The van der Waals surface area contributed by atoms with Crippen LogP contribution in [0.4, 0.5) is 13.2 Å². The molecular formula is C11H12BrF3O2. The van der Waals surface area contributed by atoms with Crippen LogP contribution in [-0.2, 0) is 10.9 Å². The first-order valence-electron chi connectivity index (χ1n) is 4.93. The predicted octanol–water partition coefficient (Wildman–Crippen LogP) is 3.88. The Balaban J connectivity index is 2.69. The van der Waals surface area contributed by atoms with Crippen LogP contribution in [0.25, 0.3) is 0 Å². The molecule has 0 aliphatic carbocycles. The number of benzene rings is 1. The minimum Gasteiger partial charge on any atom is -0.493 e. The number of alkyl halides is 3. The van der Waals surface area contributed by atoms with E-state index in [-0.39, 0.29) is 10.2 Å². The van der Waals surface area contributed by atoms with E-state index in [0.717, 1.165) is 6.07 Å². The highest BCUT2D eigenvalue weighted by molar-refractivity contribution is 9.10. The van der Waals surface area contributed by atoms with Crippen LogP contribution in [0.2, 0.25) is 0 Å². The summed E-state index contributed by atoms with van der Waals surface area (Å²) in [4.78, 5) is 0. The summed E-state index contributed by atoms with van der Waals surface area (Å²) in [6.07, 6.45) is -3.75. The second kappa shape index (κ2) is 6.26. The first-order valence-corrected chi connectivity index (χ1v) is 5.73.